The van der Waals surface area contributed by atoms with Gasteiger partial charge in [0, 0.05) is 30.0 Å². The number of ether oxygens (including phenoxy) is 1. The van der Waals surface area contributed by atoms with Crippen molar-refractivity contribution in [3.05, 3.63) is 54.1 Å². The number of pyridine rings is 1. The number of aliphatic hydroxyl groups excluding tert-OH is 2. The molecule has 154 valence electrons. The summed E-state index contributed by atoms with van der Waals surface area (Å²) < 4.78 is 7.63. The fourth-order valence-corrected chi connectivity index (χ4v) is 3.91. The number of hydrogen-bond acceptors (Lipinski definition) is 8. The van der Waals surface area contributed by atoms with Crippen molar-refractivity contribution < 1.29 is 14.9 Å². The maximum absolute atomic E-state index is 10.6. The monoisotopic (exact) mass is 426 g/mol. The van der Waals surface area contributed by atoms with E-state index < -0.39 is 24.5 Å². The molecule has 4 aromatic rings. The number of nitrogens with one attached hydrogen (secondary N) is 1. The fraction of sp³-hybridized carbons (Fsp3) is 0.250. The molecule has 5 rings (SSSR count). The molecule has 0 aliphatic carbocycles. The maximum atomic E-state index is 10.6. The minimum absolute atomic E-state index is 0.296. The summed E-state index contributed by atoms with van der Waals surface area (Å²) in [5.74, 6) is 0.344. The number of halogens is 1. The summed E-state index contributed by atoms with van der Waals surface area (Å²) in [5.41, 5.74) is 8.03. The molecule has 0 unspecified atom stereocenters. The molecule has 1 aliphatic rings. The minimum Gasteiger partial charge on any atom is -0.387 e. The third kappa shape index (κ3) is 3.21. The Hall–Kier alpha value is -2.98. The molecule has 3 aromatic heterocycles. The molecule has 4 heterocycles. The molecule has 9 nitrogen and oxygen atoms in total. The van der Waals surface area contributed by atoms with Gasteiger partial charge in [-0.2, -0.15) is 0 Å². The first kappa shape index (κ1) is 19.0. The number of benzene rings is 1. The van der Waals surface area contributed by atoms with Gasteiger partial charge in [-0.05, 0) is 24.3 Å². The zero-order valence-electron chi connectivity index (χ0n) is 15.7. The molecular weight excluding hydrogens is 408 g/mol. The van der Waals surface area contributed by atoms with Crippen molar-refractivity contribution in [3.63, 3.8) is 0 Å². The lowest BCUT2D eigenvalue weighted by Gasteiger charge is -2.17. The van der Waals surface area contributed by atoms with Crippen molar-refractivity contribution in [2.24, 2.45) is 0 Å². The first-order valence-corrected chi connectivity index (χ1v) is 9.77. The number of aliphatic hydroxyl groups is 2. The molecule has 0 spiro atoms. The zero-order chi connectivity index (χ0) is 20.8. The number of fused-ring (bicyclic) bond motifs is 2. The maximum Gasteiger partial charge on any atom is 0.164 e. The number of nitrogens with zero attached hydrogens (tertiary/aromatic N) is 4. The first-order chi connectivity index (χ1) is 14.5. The normalized spacial score (nSPS) is 24.0. The van der Waals surface area contributed by atoms with Gasteiger partial charge in [-0.25, -0.2) is 9.97 Å². The van der Waals surface area contributed by atoms with E-state index in [1.54, 1.807) is 23.0 Å². The molecular formula is C20H19ClN6O3. The van der Waals surface area contributed by atoms with Gasteiger partial charge in [-0.1, -0.05) is 17.7 Å². The Morgan fingerprint density at radius 1 is 1.13 bits per heavy atom. The smallest absolute Gasteiger partial charge is 0.164 e. The second-order valence-corrected chi connectivity index (χ2v) is 7.64. The van der Waals surface area contributed by atoms with Crippen LogP contribution >= 0.6 is 11.6 Å². The Bertz CT molecular complexity index is 1230. The van der Waals surface area contributed by atoms with Crippen LogP contribution in [0.15, 0.2) is 49.1 Å². The average molecular weight is 427 g/mol. The van der Waals surface area contributed by atoms with Crippen LogP contribution in [0.2, 0.25) is 5.02 Å². The standard InChI is InChI=1S/C20H19ClN6O3/c21-11-5-10-1-2-12(6-14(10)24-7-11)23-8-15-16(28)17(29)20(30-15)27-4-3-13-18(22)25-9-26-19(13)27/h1-7,9,15-17,20,23,28-29H,8H2,(H2,22,25,26)/t15-,16-,17-,20-/m1/s1. The number of nitrogen functional groups attached to an aromatic ring is 1. The van der Waals surface area contributed by atoms with Crippen LogP contribution < -0.4 is 11.1 Å². The quantitative estimate of drug-likeness (QED) is 0.389. The third-order valence-corrected chi connectivity index (χ3v) is 5.52. The Morgan fingerprint density at radius 2 is 2.00 bits per heavy atom. The van der Waals surface area contributed by atoms with Crippen LogP contribution in [0.4, 0.5) is 11.5 Å². The minimum atomic E-state index is -1.12. The van der Waals surface area contributed by atoms with Crippen LogP contribution in [0.5, 0.6) is 0 Å². The molecule has 0 amide bonds. The molecule has 0 bridgehead atoms. The van der Waals surface area contributed by atoms with Gasteiger partial charge in [-0.15, -0.1) is 0 Å². The van der Waals surface area contributed by atoms with Crippen molar-refractivity contribution in [2.75, 3.05) is 17.6 Å². The van der Waals surface area contributed by atoms with E-state index in [0.29, 0.717) is 28.4 Å². The van der Waals surface area contributed by atoms with Crippen molar-refractivity contribution in [2.45, 2.75) is 24.5 Å². The van der Waals surface area contributed by atoms with E-state index in [1.807, 2.05) is 24.3 Å². The van der Waals surface area contributed by atoms with Crippen molar-refractivity contribution in [1.29, 1.82) is 0 Å². The topological polar surface area (TPSA) is 131 Å². The van der Waals surface area contributed by atoms with E-state index in [2.05, 4.69) is 20.3 Å². The van der Waals surface area contributed by atoms with E-state index in [4.69, 9.17) is 22.1 Å². The van der Waals surface area contributed by atoms with Gasteiger partial charge in [-0.3, -0.25) is 4.98 Å². The second-order valence-electron chi connectivity index (χ2n) is 7.21. The summed E-state index contributed by atoms with van der Waals surface area (Å²) >= 11 is 5.97. The van der Waals surface area contributed by atoms with Crippen LogP contribution in [0.25, 0.3) is 21.9 Å². The van der Waals surface area contributed by atoms with Gasteiger partial charge >= 0.3 is 0 Å². The van der Waals surface area contributed by atoms with E-state index in [1.165, 1.54) is 6.33 Å². The number of hydrogen-bond donors (Lipinski definition) is 4. The molecule has 0 radical (unpaired) electrons. The van der Waals surface area contributed by atoms with Crippen molar-refractivity contribution >= 4 is 45.0 Å². The summed E-state index contributed by atoms with van der Waals surface area (Å²) in [4.78, 5) is 12.5. The van der Waals surface area contributed by atoms with Crippen LogP contribution in [0.1, 0.15) is 6.23 Å². The van der Waals surface area contributed by atoms with Gasteiger partial charge in [0.05, 0.1) is 15.9 Å². The van der Waals surface area contributed by atoms with Crippen molar-refractivity contribution in [1.82, 2.24) is 19.5 Å². The highest BCUT2D eigenvalue weighted by molar-refractivity contribution is 6.31. The molecule has 1 aromatic carbocycles. The molecule has 5 N–H and O–H groups in total. The Labute approximate surface area is 176 Å². The molecule has 1 saturated heterocycles. The number of aromatic nitrogens is 4. The van der Waals surface area contributed by atoms with Gasteiger partial charge < -0.3 is 30.6 Å². The summed E-state index contributed by atoms with van der Waals surface area (Å²) in [6, 6.07) is 9.30. The van der Waals surface area contributed by atoms with E-state index >= 15 is 0 Å². The Kier molecular flexibility index (Phi) is 4.67. The first-order valence-electron chi connectivity index (χ1n) is 9.39. The van der Waals surface area contributed by atoms with Crippen LogP contribution in [-0.2, 0) is 4.74 Å². The van der Waals surface area contributed by atoms with Crippen LogP contribution in [0.3, 0.4) is 0 Å². The molecule has 4 atom stereocenters. The van der Waals surface area contributed by atoms with E-state index in [0.717, 1.165) is 16.6 Å². The molecule has 10 heteroatoms. The second kappa shape index (κ2) is 7.37. The predicted molar refractivity (Wildman–Crippen MR) is 113 cm³/mol. The molecule has 0 saturated carbocycles. The fourth-order valence-electron chi connectivity index (χ4n) is 3.75. The average Bonchev–Trinajstić information content (AvgIpc) is 3.29. The van der Waals surface area contributed by atoms with Gasteiger partial charge in [0.1, 0.15) is 36.1 Å². The van der Waals surface area contributed by atoms with Gasteiger partial charge in [0.2, 0.25) is 0 Å². The highest BCUT2D eigenvalue weighted by Crippen LogP contribution is 2.33. The largest absolute Gasteiger partial charge is 0.387 e. The molecule has 1 fully saturated rings. The van der Waals surface area contributed by atoms with E-state index in [9.17, 15) is 10.2 Å². The lowest BCUT2D eigenvalue weighted by atomic mass is 10.1. The molecule has 1 aliphatic heterocycles. The lowest BCUT2D eigenvalue weighted by molar-refractivity contribution is -0.0309. The van der Waals surface area contributed by atoms with Gasteiger partial charge in [0.15, 0.2) is 6.23 Å². The highest BCUT2D eigenvalue weighted by Gasteiger charge is 2.44. The third-order valence-electron chi connectivity index (χ3n) is 5.31. The lowest BCUT2D eigenvalue weighted by Crippen LogP contribution is -2.35. The van der Waals surface area contributed by atoms with E-state index in [-0.39, 0.29) is 0 Å². The number of nitrogens with two attached hydrogens (primary N) is 1. The SMILES string of the molecule is Nc1ncnc2c1ccn2[C@@H]1O[C@H](CNc2ccc3cc(Cl)cnc3c2)[C@@H](O)[C@H]1O. The van der Waals surface area contributed by atoms with Crippen LogP contribution in [-0.4, -0.2) is 54.6 Å². The number of rotatable bonds is 4. The summed E-state index contributed by atoms with van der Waals surface area (Å²) in [7, 11) is 0. The summed E-state index contributed by atoms with van der Waals surface area (Å²) in [6.07, 6.45) is 1.05. The van der Waals surface area contributed by atoms with Crippen molar-refractivity contribution in [3.8, 4) is 0 Å². The van der Waals surface area contributed by atoms with Crippen LogP contribution in [0, 0.1) is 0 Å². The van der Waals surface area contributed by atoms with Gasteiger partial charge in [0.25, 0.3) is 0 Å². The highest BCUT2D eigenvalue weighted by atomic mass is 35.5. The summed E-state index contributed by atoms with van der Waals surface area (Å²) in [6.45, 7) is 0.296. The Morgan fingerprint density at radius 3 is 2.87 bits per heavy atom. The number of anilines is 2. The predicted octanol–water partition coefficient (Wildman–Crippen LogP) is 1.95. The zero-order valence-corrected chi connectivity index (χ0v) is 16.4. The Balaban J connectivity index is 1.33. The molecule has 30 heavy (non-hydrogen) atoms. The summed E-state index contributed by atoms with van der Waals surface area (Å²) in [5, 5.41) is 26.5.